The summed E-state index contributed by atoms with van der Waals surface area (Å²) >= 11 is 0. The zero-order valence-corrected chi connectivity index (χ0v) is 27.8. The van der Waals surface area contributed by atoms with Gasteiger partial charge < -0.3 is 30.5 Å². The van der Waals surface area contributed by atoms with E-state index in [9.17, 15) is 24.3 Å². The summed E-state index contributed by atoms with van der Waals surface area (Å²) in [5, 5.41) is 21.8. The number of methoxy groups -OCH3 is 2. The van der Waals surface area contributed by atoms with Gasteiger partial charge in [0, 0.05) is 25.0 Å². The SMILES string of the molecule is COC(=O)N[C@H](C(=O)NN(Cc1ccccc1)C[C@H](O)C(Cc1ccccc1)NC(=O)[C@H]1C[C@@H](NC(=O)OC)C1(C)C)C(C)(C)C. The molecule has 5 N–H and O–H groups in total. The minimum atomic E-state index is -1.11. The first-order valence-corrected chi connectivity index (χ1v) is 15.5. The fourth-order valence-corrected chi connectivity index (χ4v) is 5.63. The Labute approximate surface area is 271 Å². The lowest BCUT2D eigenvalue weighted by Crippen LogP contribution is -2.64. The number of amides is 4. The van der Waals surface area contributed by atoms with E-state index < -0.39 is 53.0 Å². The molecule has 0 bridgehead atoms. The molecule has 12 nitrogen and oxygen atoms in total. The third-order valence-electron chi connectivity index (χ3n) is 8.62. The average Bonchev–Trinajstić information content (AvgIpc) is 3.01. The molecule has 1 aliphatic rings. The van der Waals surface area contributed by atoms with Gasteiger partial charge in [-0.05, 0) is 34.8 Å². The molecular formula is C34H49N5O7. The third kappa shape index (κ3) is 9.92. The lowest BCUT2D eigenvalue weighted by molar-refractivity contribution is -0.139. The Morgan fingerprint density at radius 1 is 0.913 bits per heavy atom. The number of alkyl carbamates (subject to hydrolysis) is 2. The summed E-state index contributed by atoms with van der Waals surface area (Å²) in [7, 11) is 2.52. The predicted octanol–water partition coefficient (Wildman–Crippen LogP) is 3.15. The van der Waals surface area contributed by atoms with E-state index in [-0.39, 0.29) is 25.0 Å². The second-order valence-electron chi connectivity index (χ2n) is 13.4. The van der Waals surface area contributed by atoms with Gasteiger partial charge in [0.1, 0.15) is 6.04 Å². The standard InChI is InChI=1S/C34H49N5O7/c1-33(2,3)28(37-32(44)46-7)30(42)38-39(20-23-16-12-9-13-17-23)21-26(40)25(18-22-14-10-8-11-15-22)35-29(41)24-19-27(34(24,4)5)36-31(43)45-6/h8-17,24-28,40H,18-21H2,1-7H3,(H,35,41)(H,36,43)(H,37,44)(H,38,42)/t24-,25?,26+,27-,28-/m1/s1. The Balaban J connectivity index is 1.83. The van der Waals surface area contributed by atoms with Crippen LogP contribution in [-0.4, -0.2) is 79.1 Å². The fraction of sp³-hybridized carbons (Fsp3) is 0.529. The van der Waals surface area contributed by atoms with Gasteiger partial charge in [0.15, 0.2) is 0 Å². The Morgan fingerprint density at radius 2 is 1.48 bits per heavy atom. The number of hydrogen-bond acceptors (Lipinski definition) is 8. The first-order valence-electron chi connectivity index (χ1n) is 15.5. The Kier molecular flexibility index (Phi) is 12.6. The van der Waals surface area contributed by atoms with Gasteiger partial charge in [0.05, 0.1) is 26.4 Å². The number of carbonyl (C=O) groups excluding carboxylic acids is 4. The van der Waals surface area contributed by atoms with E-state index in [1.807, 2.05) is 95.3 Å². The summed E-state index contributed by atoms with van der Waals surface area (Å²) in [5.74, 6) is -1.12. The minimum absolute atomic E-state index is 0.0336. The molecule has 3 rings (SSSR count). The highest BCUT2D eigenvalue weighted by Gasteiger charge is 2.53. The molecule has 2 aromatic rings. The van der Waals surface area contributed by atoms with E-state index in [0.29, 0.717) is 12.8 Å². The zero-order valence-electron chi connectivity index (χ0n) is 27.8. The first kappa shape index (κ1) is 36.3. The molecule has 0 spiro atoms. The van der Waals surface area contributed by atoms with Gasteiger partial charge in [-0.3, -0.25) is 15.0 Å². The van der Waals surface area contributed by atoms with Crippen molar-refractivity contribution in [1.29, 1.82) is 0 Å². The lowest BCUT2D eigenvalue weighted by Gasteiger charge is -2.51. The average molecular weight is 640 g/mol. The molecule has 2 aromatic carbocycles. The van der Waals surface area contributed by atoms with Gasteiger partial charge in [0.2, 0.25) is 5.91 Å². The molecule has 46 heavy (non-hydrogen) atoms. The summed E-state index contributed by atoms with van der Waals surface area (Å²) in [6, 6.07) is 17.1. The fourth-order valence-electron chi connectivity index (χ4n) is 5.63. The van der Waals surface area contributed by atoms with E-state index in [1.54, 1.807) is 5.01 Å². The Morgan fingerprint density at radius 3 is 2.00 bits per heavy atom. The van der Waals surface area contributed by atoms with E-state index in [2.05, 4.69) is 21.4 Å². The molecule has 0 aliphatic heterocycles. The number of hydrazine groups is 1. The topological polar surface area (TPSA) is 158 Å². The van der Waals surface area contributed by atoms with Crippen LogP contribution in [-0.2, 0) is 32.0 Å². The highest BCUT2D eigenvalue weighted by atomic mass is 16.5. The number of carbonyl (C=O) groups is 4. The van der Waals surface area contributed by atoms with E-state index >= 15 is 0 Å². The summed E-state index contributed by atoms with van der Waals surface area (Å²) in [4.78, 5) is 51.1. The summed E-state index contributed by atoms with van der Waals surface area (Å²) in [5.41, 5.74) is 3.49. The van der Waals surface area contributed by atoms with E-state index in [1.165, 1.54) is 14.2 Å². The van der Waals surface area contributed by atoms with Gasteiger partial charge in [-0.1, -0.05) is 95.3 Å². The molecule has 5 atom stereocenters. The van der Waals surface area contributed by atoms with Crippen molar-refractivity contribution in [2.24, 2.45) is 16.7 Å². The quantitative estimate of drug-likeness (QED) is 0.209. The molecule has 252 valence electrons. The van der Waals surface area contributed by atoms with Crippen LogP contribution in [0.25, 0.3) is 0 Å². The molecule has 1 aliphatic carbocycles. The van der Waals surface area contributed by atoms with Gasteiger partial charge in [-0.2, -0.15) is 0 Å². The second kappa shape index (κ2) is 15.9. The van der Waals surface area contributed by atoms with E-state index in [0.717, 1.165) is 11.1 Å². The maximum atomic E-state index is 13.6. The molecule has 12 heteroatoms. The van der Waals surface area contributed by atoms with Crippen molar-refractivity contribution in [3.05, 3.63) is 71.8 Å². The molecular weight excluding hydrogens is 590 g/mol. The number of aliphatic hydroxyl groups excluding tert-OH is 1. The molecule has 0 aromatic heterocycles. The smallest absolute Gasteiger partial charge is 0.407 e. The van der Waals surface area contributed by atoms with Gasteiger partial charge in [-0.15, -0.1) is 0 Å². The van der Waals surface area contributed by atoms with Crippen molar-refractivity contribution in [1.82, 2.24) is 26.4 Å². The van der Waals surface area contributed by atoms with E-state index in [4.69, 9.17) is 9.47 Å². The largest absolute Gasteiger partial charge is 0.453 e. The maximum Gasteiger partial charge on any atom is 0.407 e. The van der Waals surface area contributed by atoms with Crippen LogP contribution in [0.1, 0.15) is 52.2 Å². The molecule has 0 radical (unpaired) electrons. The third-order valence-corrected chi connectivity index (χ3v) is 8.62. The number of ether oxygens (including phenoxy) is 2. The number of nitrogens with one attached hydrogen (secondary N) is 4. The van der Waals surface area contributed by atoms with Crippen molar-refractivity contribution < 1.29 is 33.8 Å². The van der Waals surface area contributed by atoms with Crippen LogP contribution in [0.4, 0.5) is 9.59 Å². The number of hydrogen-bond donors (Lipinski definition) is 5. The zero-order chi connectivity index (χ0) is 34.1. The number of nitrogens with zero attached hydrogens (tertiary/aromatic N) is 1. The van der Waals surface area contributed by atoms with Gasteiger partial charge in [-0.25, -0.2) is 14.6 Å². The van der Waals surface area contributed by atoms with Gasteiger partial charge >= 0.3 is 12.2 Å². The van der Waals surface area contributed by atoms with Crippen molar-refractivity contribution in [2.75, 3.05) is 20.8 Å². The Bertz CT molecular complexity index is 1320. The van der Waals surface area contributed by atoms with Crippen molar-refractivity contribution in [3.8, 4) is 0 Å². The minimum Gasteiger partial charge on any atom is -0.453 e. The number of benzene rings is 2. The molecule has 0 heterocycles. The lowest BCUT2D eigenvalue weighted by atomic mass is 9.58. The van der Waals surface area contributed by atoms with Crippen LogP contribution in [0.2, 0.25) is 0 Å². The summed E-state index contributed by atoms with van der Waals surface area (Å²) in [6.07, 6.45) is -1.63. The molecule has 1 saturated carbocycles. The van der Waals surface area contributed by atoms with Crippen LogP contribution in [0.3, 0.4) is 0 Å². The molecule has 4 amide bonds. The number of rotatable bonds is 13. The summed E-state index contributed by atoms with van der Waals surface area (Å²) < 4.78 is 9.47. The molecule has 1 fully saturated rings. The monoisotopic (exact) mass is 639 g/mol. The van der Waals surface area contributed by atoms with Crippen LogP contribution in [0, 0.1) is 16.7 Å². The van der Waals surface area contributed by atoms with Crippen molar-refractivity contribution >= 4 is 24.0 Å². The predicted molar refractivity (Wildman–Crippen MR) is 173 cm³/mol. The normalized spacial score (nSPS) is 19.1. The molecule has 1 unspecified atom stereocenters. The highest BCUT2D eigenvalue weighted by Crippen LogP contribution is 2.46. The number of aliphatic hydroxyl groups is 1. The van der Waals surface area contributed by atoms with Gasteiger partial charge in [0.25, 0.3) is 5.91 Å². The second-order valence-corrected chi connectivity index (χ2v) is 13.4. The molecule has 0 saturated heterocycles. The summed E-state index contributed by atoms with van der Waals surface area (Å²) in [6.45, 7) is 9.51. The van der Waals surface area contributed by atoms with Crippen molar-refractivity contribution in [3.63, 3.8) is 0 Å². The Hall–Kier alpha value is -4.16. The maximum absolute atomic E-state index is 13.6. The van der Waals surface area contributed by atoms with Crippen LogP contribution < -0.4 is 21.4 Å². The highest BCUT2D eigenvalue weighted by molar-refractivity contribution is 5.86. The van der Waals surface area contributed by atoms with Crippen LogP contribution in [0.5, 0.6) is 0 Å². The van der Waals surface area contributed by atoms with Crippen LogP contribution in [0.15, 0.2) is 60.7 Å². The first-order chi connectivity index (χ1) is 21.6. The van der Waals surface area contributed by atoms with Crippen LogP contribution >= 0.6 is 0 Å². The van der Waals surface area contributed by atoms with Crippen molar-refractivity contribution in [2.45, 2.75) is 78.2 Å².